The minimum Gasteiger partial charge on any atom is -0.466 e. The summed E-state index contributed by atoms with van der Waals surface area (Å²) >= 11 is 0. The van der Waals surface area contributed by atoms with Crippen LogP contribution in [0.1, 0.15) is 322 Å². The molecule has 1 rings (SSSR count). The molecule has 6 N–H and O–H groups in total. The number of esters is 1. The number of ether oxygens (including phenoxy) is 3. The van der Waals surface area contributed by atoms with E-state index in [1.54, 1.807) is 6.08 Å². The molecule has 0 bridgehead atoms. The molecule has 7 unspecified atom stereocenters. The molecule has 1 amide bonds. The lowest BCUT2D eigenvalue weighted by Crippen LogP contribution is -2.60. The Morgan fingerprint density at radius 3 is 1.28 bits per heavy atom. The van der Waals surface area contributed by atoms with Crippen molar-refractivity contribution < 1.29 is 49.3 Å². The Bertz CT molecular complexity index is 1410. The van der Waals surface area contributed by atoms with E-state index in [0.29, 0.717) is 19.4 Å². The van der Waals surface area contributed by atoms with E-state index in [4.69, 9.17) is 14.2 Å². The first-order valence-electron chi connectivity index (χ1n) is 33.8. The van der Waals surface area contributed by atoms with Crippen LogP contribution in [0.5, 0.6) is 0 Å². The van der Waals surface area contributed by atoms with Crippen molar-refractivity contribution >= 4 is 11.9 Å². The Labute approximate surface area is 485 Å². The molecule has 11 heteroatoms. The number of hydrogen-bond acceptors (Lipinski definition) is 10. The van der Waals surface area contributed by atoms with Gasteiger partial charge in [-0.05, 0) is 64.2 Å². The number of carbonyl (C=O) groups excluding carboxylic acids is 2. The van der Waals surface area contributed by atoms with Gasteiger partial charge in [0, 0.05) is 12.8 Å². The lowest BCUT2D eigenvalue weighted by molar-refractivity contribution is -0.302. The fraction of sp³-hybridized carbons (Fsp3) is 0.882. The molecule has 0 radical (unpaired) electrons. The Hall–Kier alpha value is -2.12. The normalized spacial score (nSPS) is 18.6. The maximum atomic E-state index is 13.0. The zero-order valence-electron chi connectivity index (χ0n) is 51.3. The van der Waals surface area contributed by atoms with E-state index in [9.17, 15) is 35.1 Å². The van der Waals surface area contributed by atoms with Crippen molar-refractivity contribution in [2.24, 2.45) is 0 Å². The van der Waals surface area contributed by atoms with Crippen molar-refractivity contribution in [2.75, 3.05) is 19.8 Å². The van der Waals surface area contributed by atoms with Gasteiger partial charge in [-0.15, -0.1) is 0 Å². The molecule has 0 aliphatic carbocycles. The van der Waals surface area contributed by atoms with Gasteiger partial charge in [0.05, 0.1) is 32.0 Å². The summed E-state index contributed by atoms with van der Waals surface area (Å²) in [6.45, 7) is 4.33. The molecule has 7 atom stereocenters. The number of unbranched alkanes of at least 4 members (excludes halogenated alkanes) is 41. The molecule has 1 heterocycles. The lowest BCUT2D eigenvalue weighted by atomic mass is 9.99. The van der Waals surface area contributed by atoms with Gasteiger partial charge in [-0.2, -0.15) is 0 Å². The Morgan fingerprint density at radius 1 is 0.468 bits per heavy atom. The highest BCUT2D eigenvalue weighted by atomic mass is 16.7. The average molecular weight is 1120 g/mol. The number of aliphatic hydroxyl groups excluding tert-OH is 5. The standard InChI is InChI=1S/C68H127NO10/c1-3-5-7-9-11-13-14-15-16-26-30-33-36-40-44-48-52-56-64(73)77-57-53-49-45-41-37-34-31-28-25-23-21-19-17-18-20-22-24-27-29-32-35-39-43-47-51-55-63(72)69-60(61(71)54-50-46-42-38-12-10-8-6-4-2)59-78-68-67(76)66(75)65(74)62(58-70)79-68/h18-21,50,54,60-62,65-68,70-71,74-76H,3-17,22-49,51-53,55-59H2,1-2H3,(H,69,72)/b20-18-,21-19-,54-50+. The van der Waals surface area contributed by atoms with Crippen LogP contribution in [-0.4, -0.2) is 100 Å². The molecule has 79 heavy (non-hydrogen) atoms. The minimum atomic E-state index is -1.57. The number of hydrogen-bond donors (Lipinski definition) is 6. The van der Waals surface area contributed by atoms with Gasteiger partial charge in [0.2, 0.25) is 5.91 Å². The van der Waals surface area contributed by atoms with E-state index in [-0.39, 0.29) is 18.5 Å². The summed E-state index contributed by atoms with van der Waals surface area (Å²) in [5.74, 6) is -0.187. The summed E-state index contributed by atoms with van der Waals surface area (Å²) in [4.78, 5) is 25.1. The molecule has 0 spiro atoms. The van der Waals surface area contributed by atoms with E-state index in [2.05, 4.69) is 43.5 Å². The van der Waals surface area contributed by atoms with Gasteiger partial charge in [-0.25, -0.2) is 0 Å². The Kier molecular flexibility index (Phi) is 54.7. The van der Waals surface area contributed by atoms with Crippen molar-refractivity contribution in [3.8, 4) is 0 Å². The van der Waals surface area contributed by atoms with Crippen LogP contribution in [0.25, 0.3) is 0 Å². The first kappa shape index (κ1) is 74.9. The largest absolute Gasteiger partial charge is 0.466 e. The zero-order valence-corrected chi connectivity index (χ0v) is 51.3. The lowest BCUT2D eigenvalue weighted by Gasteiger charge is -2.40. The topological polar surface area (TPSA) is 175 Å². The number of rotatable bonds is 59. The van der Waals surface area contributed by atoms with Crippen LogP contribution in [0.3, 0.4) is 0 Å². The first-order chi connectivity index (χ1) is 38.7. The maximum Gasteiger partial charge on any atom is 0.305 e. The van der Waals surface area contributed by atoms with Crippen molar-refractivity contribution in [3.05, 3.63) is 36.5 Å². The van der Waals surface area contributed by atoms with Gasteiger partial charge in [-0.1, -0.05) is 281 Å². The Balaban J connectivity index is 1.96. The quantitative estimate of drug-likeness (QED) is 0.0195. The molecule has 0 aromatic rings. The molecular formula is C68H127NO10. The van der Waals surface area contributed by atoms with Crippen LogP contribution in [0, 0.1) is 0 Å². The van der Waals surface area contributed by atoms with Gasteiger partial charge >= 0.3 is 5.97 Å². The molecule has 0 aromatic carbocycles. The van der Waals surface area contributed by atoms with Gasteiger partial charge < -0.3 is 45.1 Å². The highest BCUT2D eigenvalue weighted by Crippen LogP contribution is 2.23. The number of amides is 1. The van der Waals surface area contributed by atoms with Crippen LogP contribution < -0.4 is 5.32 Å². The average Bonchev–Trinajstić information content (AvgIpc) is 3.46. The van der Waals surface area contributed by atoms with Crippen LogP contribution in [0.2, 0.25) is 0 Å². The highest BCUT2D eigenvalue weighted by molar-refractivity contribution is 5.76. The summed E-state index contributed by atoms with van der Waals surface area (Å²) in [5, 5.41) is 54.2. The number of aliphatic hydroxyl groups is 5. The summed E-state index contributed by atoms with van der Waals surface area (Å²) in [6.07, 6.45) is 62.8. The summed E-state index contributed by atoms with van der Waals surface area (Å²) in [7, 11) is 0. The monoisotopic (exact) mass is 1120 g/mol. The predicted molar refractivity (Wildman–Crippen MR) is 329 cm³/mol. The van der Waals surface area contributed by atoms with Crippen molar-refractivity contribution in [1.29, 1.82) is 0 Å². The number of nitrogens with one attached hydrogen (secondary N) is 1. The minimum absolute atomic E-state index is 0.00248. The van der Waals surface area contributed by atoms with Gasteiger partial charge in [0.15, 0.2) is 6.29 Å². The van der Waals surface area contributed by atoms with Gasteiger partial charge in [0.1, 0.15) is 24.4 Å². The van der Waals surface area contributed by atoms with Gasteiger partial charge in [0.25, 0.3) is 0 Å². The second kappa shape index (κ2) is 57.7. The van der Waals surface area contributed by atoms with Crippen molar-refractivity contribution in [1.82, 2.24) is 5.32 Å². The fourth-order valence-corrected chi connectivity index (χ4v) is 10.6. The SMILES string of the molecule is CCCCCCCCC/C=C/C(O)C(COC1OC(CO)C(O)C(O)C1O)NC(=O)CCCCCCCCCCC/C=C\C/C=C\CCCCCCCCCCCOC(=O)CCCCCCCCCCCCCCCCCCC. The predicted octanol–water partition coefficient (Wildman–Crippen LogP) is 16.6. The van der Waals surface area contributed by atoms with Crippen LogP contribution in [0.4, 0.5) is 0 Å². The van der Waals surface area contributed by atoms with E-state index in [0.717, 1.165) is 77.0 Å². The van der Waals surface area contributed by atoms with Crippen molar-refractivity contribution in [3.63, 3.8) is 0 Å². The highest BCUT2D eigenvalue weighted by Gasteiger charge is 2.44. The number of allylic oxidation sites excluding steroid dienone is 5. The third-order valence-electron chi connectivity index (χ3n) is 16.0. The molecule has 0 saturated carbocycles. The second-order valence-electron chi connectivity index (χ2n) is 23.5. The van der Waals surface area contributed by atoms with Gasteiger partial charge in [-0.3, -0.25) is 9.59 Å². The smallest absolute Gasteiger partial charge is 0.305 e. The second-order valence-corrected chi connectivity index (χ2v) is 23.5. The fourth-order valence-electron chi connectivity index (χ4n) is 10.6. The third-order valence-corrected chi connectivity index (χ3v) is 16.0. The molecule has 1 fully saturated rings. The third kappa shape index (κ3) is 47.0. The van der Waals surface area contributed by atoms with Crippen LogP contribution in [0.15, 0.2) is 36.5 Å². The molecule has 11 nitrogen and oxygen atoms in total. The Morgan fingerprint density at radius 2 is 0.848 bits per heavy atom. The van der Waals surface area contributed by atoms with E-state index >= 15 is 0 Å². The van der Waals surface area contributed by atoms with E-state index in [1.807, 2.05) is 6.08 Å². The molecule has 464 valence electrons. The van der Waals surface area contributed by atoms with Crippen molar-refractivity contribution in [2.45, 2.75) is 365 Å². The molecule has 0 aromatic heterocycles. The molecule has 1 saturated heterocycles. The zero-order chi connectivity index (χ0) is 57.3. The summed E-state index contributed by atoms with van der Waals surface area (Å²) < 4.78 is 16.7. The maximum absolute atomic E-state index is 13.0. The first-order valence-corrected chi connectivity index (χ1v) is 33.8. The summed E-state index contributed by atoms with van der Waals surface area (Å²) in [6, 6.07) is -0.813. The number of carbonyl (C=O) groups is 2. The van der Waals surface area contributed by atoms with E-state index < -0.39 is 49.5 Å². The molecular weight excluding hydrogens is 991 g/mol. The van der Waals surface area contributed by atoms with Crippen LogP contribution in [-0.2, 0) is 23.8 Å². The molecule has 1 aliphatic heterocycles. The molecule has 1 aliphatic rings. The van der Waals surface area contributed by atoms with Crippen LogP contribution >= 0.6 is 0 Å². The van der Waals surface area contributed by atoms with E-state index in [1.165, 1.54) is 218 Å². The summed E-state index contributed by atoms with van der Waals surface area (Å²) in [5.41, 5.74) is 0.